The molecule has 0 spiro atoms. The van der Waals surface area contributed by atoms with Crippen LogP contribution in [0.1, 0.15) is 33.5 Å². The molecular weight excluding hydrogens is 589 g/mol. The normalized spacial score (nSPS) is 11.1. The summed E-state index contributed by atoms with van der Waals surface area (Å²) in [5.41, 5.74) is 5.50. The number of carbonyl (C=O) groups is 2. The number of anilines is 1. The lowest BCUT2D eigenvalue weighted by Crippen LogP contribution is -2.14. The molecule has 0 unspecified atom stereocenters. The van der Waals surface area contributed by atoms with E-state index < -0.39 is 0 Å². The average Bonchev–Trinajstić information content (AvgIpc) is 3.64. The smallest absolute Gasteiger partial charge is 0.325 e. The number of imidazole rings is 1. The highest BCUT2D eigenvalue weighted by Gasteiger charge is 2.12. The molecule has 9 heteroatoms. The summed E-state index contributed by atoms with van der Waals surface area (Å²) < 4.78 is 6.75. The van der Waals surface area contributed by atoms with Gasteiger partial charge in [-0.3, -0.25) is 9.59 Å². The average molecular weight is 617 g/mol. The molecule has 0 radical (unpaired) electrons. The second kappa shape index (κ2) is 13.2. The highest BCUT2D eigenvalue weighted by molar-refractivity contribution is 7.17. The first-order chi connectivity index (χ1) is 20.3. The third-order valence-corrected chi connectivity index (χ3v) is 8.34. The first-order valence-corrected chi connectivity index (χ1v) is 14.7. The Labute approximate surface area is 258 Å². The Morgan fingerprint density at radius 2 is 1.74 bits per heavy atom. The molecule has 2 heterocycles. The molecule has 1 N–H and O–H groups in total. The number of aromatic nitrogens is 2. The van der Waals surface area contributed by atoms with Crippen molar-refractivity contribution >= 4 is 64.1 Å². The zero-order valence-corrected chi connectivity index (χ0v) is 25.3. The zero-order chi connectivity index (χ0) is 29.6. The van der Waals surface area contributed by atoms with Gasteiger partial charge < -0.3 is 14.6 Å². The maximum atomic E-state index is 11.7. The summed E-state index contributed by atoms with van der Waals surface area (Å²) in [6.45, 7) is 2.26. The highest BCUT2D eigenvalue weighted by Crippen LogP contribution is 2.31. The Bertz CT molecular complexity index is 1760. The van der Waals surface area contributed by atoms with Crippen molar-refractivity contribution in [3.63, 3.8) is 0 Å². The number of methoxy groups -OCH3 is 1. The summed E-state index contributed by atoms with van der Waals surface area (Å²) >= 11 is 14.1. The van der Waals surface area contributed by atoms with Gasteiger partial charge in [0.05, 0.1) is 22.7 Å². The number of benzene rings is 3. The summed E-state index contributed by atoms with van der Waals surface area (Å²) in [5, 5.41) is 4.14. The largest absolute Gasteiger partial charge is 0.468 e. The quantitative estimate of drug-likeness (QED) is 0.126. The number of ether oxygens (including phenoxy) is 1. The second-order valence-corrected chi connectivity index (χ2v) is 11.5. The number of esters is 1. The van der Waals surface area contributed by atoms with Crippen molar-refractivity contribution in [2.75, 3.05) is 19.0 Å². The molecule has 5 aromatic rings. The third kappa shape index (κ3) is 7.18. The van der Waals surface area contributed by atoms with Crippen LogP contribution in [0.15, 0.2) is 85.1 Å². The van der Waals surface area contributed by atoms with Crippen LogP contribution in [0.5, 0.6) is 0 Å². The molecular formula is C33H27Cl2N3O3S. The standard InChI is InChI=1S/C33H27Cl2N3O3S/c1-21(39)30-14-15-31(42-30)24-8-3-22(4-9-24)7-16-32-37-29(27-13-10-25(34)17-28(27)35)20-38(32)19-23-5-11-26(12-6-23)36-18-33(40)41-2/h3-17,20,36H,18-19H2,1-2H3. The van der Waals surface area contributed by atoms with Gasteiger partial charge in [-0.25, -0.2) is 4.98 Å². The van der Waals surface area contributed by atoms with Crippen LogP contribution in [-0.4, -0.2) is 35.0 Å². The molecule has 0 aliphatic carbocycles. The maximum absolute atomic E-state index is 11.7. The van der Waals surface area contributed by atoms with E-state index >= 15 is 0 Å². The Morgan fingerprint density at radius 1 is 0.976 bits per heavy atom. The van der Waals surface area contributed by atoms with Crippen molar-refractivity contribution in [2.45, 2.75) is 13.5 Å². The number of Topliss-reactive ketones (excluding diaryl/α,β-unsaturated/α-hetero) is 1. The van der Waals surface area contributed by atoms with Crippen molar-refractivity contribution in [3.05, 3.63) is 117 Å². The molecule has 0 bridgehead atoms. The first kappa shape index (κ1) is 29.3. The van der Waals surface area contributed by atoms with E-state index in [9.17, 15) is 9.59 Å². The van der Waals surface area contributed by atoms with Crippen LogP contribution >= 0.6 is 34.5 Å². The van der Waals surface area contributed by atoms with Crippen molar-refractivity contribution in [1.29, 1.82) is 0 Å². The molecule has 0 saturated carbocycles. The third-order valence-electron chi connectivity index (χ3n) is 6.56. The summed E-state index contributed by atoms with van der Waals surface area (Å²) in [4.78, 5) is 29.8. The molecule has 2 aromatic heterocycles. The molecule has 6 nitrogen and oxygen atoms in total. The molecule has 0 aliphatic heterocycles. The number of rotatable bonds is 10. The lowest BCUT2D eigenvalue weighted by atomic mass is 10.1. The van der Waals surface area contributed by atoms with Crippen molar-refractivity contribution in [2.24, 2.45) is 0 Å². The van der Waals surface area contributed by atoms with Crippen LogP contribution in [-0.2, 0) is 16.1 Å². The zero-order valence-electron chi connectivity index (χ0n) is 22.9. The maximum Gasteiger partial charge on any atom is 0.325 e. The summed E-state index contributed by atoms with van der Waals surface area (Å²) in [5.74, 6) is 0.509. The number of halogens is 2. The van der Waals surface area contributed by atoms with E-state index in [2.05, 4.69) is 26.8 Å². The van der Waals surface area contributed by atoms with Gasteiger partial charge in [0, 0.05) is 33.9 Å². The Kier molecular flexibility index (Phi) is 9.22. The molecule has 0 atom stereocenters. The van der Waals surface area contributed by atoms with Gasteiger partial charge in [-0.1, -0.05) is 65.7 Å². The lowest BCUT2D eigenvalue weighted by molar-refractivity contribution is -0.138. The fourth-order valence-corrected chi connectivity index (χ4v) is 5.71. The number of carbonyl (C=O) groups excluding carboxylic acids is 2. The van der Waals surface area contributed by atoms with Crippen LogP contribution < -0.4 is 5.32 Å². The topological polar surface area (TPSA) is 73.2 Å². The fraction of sp³-hybridized carbons (Fsp3) is 0.121. The molecule has 3 aromatic carbocycles. The van der Waals surface area contributed by atoms with Crippen LogP contribution in [0.25, 0.3) is 33.9 Å². The van der Waals surface area contributed by atoms with Crippen molar-refractivity contribution < 1.29 is 14.3 Å². The second-order valence-electron chi connectivity index (χ2n) is 9.54. The SMILES string of the molecule is COC(=O)CNc1ccc(Cn2cc(-c3ccc(Cl)cc3Cl)nc2C=Cc2ccc(-c3ccc(C(C)=O)s3)cc2)cc1. The van der Waals surface area contributed by atoms with E-state index in [4.69, 9.17) is 28.2 Å². The Balaban J connectivity index is 1.39. The van der Waals surface area contributed by atoms with Gasteiger partial charge >= 0.3 is 5.97 Å². The minimum absolute atomic E-state index is 0.0757. The number of ketones is 1. The number of hydrogen-bond acceptors (Lipinski definition) is 6. The molecule has 42 heavy (non-hydrogen) atoms. The molecule has 0 fully saturated rings. The Morgan fingerprint density at radius 3 is 2.40 bits per heavy atom. The van der Waals surface area contributed by atoms with E-state index in [0.29, 0.717) is 16.6 Å². The minimum Gasteiger partial charge on any atom is -0.468 e. The van der Waals surface area contributed by atoms with Gasteiger partial charge in [0.25, 0.3) is 0 Å². The summed E-state index contributed by atoms with van der Waals surface area (Å²) in [6, 6.07) is 25.3. The number of thiophene rings is 1. The van der Waals surface area contributed by atoms with E-state index in [1.165, 1.54) is 18.4 Å². The first-order valence-electron chi connectivity index (χ1n) is 13.1. The van der Waals surface area contributed by atoms with Crippen LogP contribution in [0, 0.1) is 0 Å². The van der Waals surface area contributed by atoms with Gasteiger partial charge in [0.2, 0.25) is 0 Å². The van der Waals surface area contributed by atoms with Gasteiger partial charge in [-0.15, -0.1) is 11.3 Å². The number of hydrogen-bond donors (Lipinski definition) is 1. The monoisotopic (exact) mass is 615 g/mol. The van der Waals surface area contributed by atoms with Crippen molar-refractivity contribution in [1.82, 2.24) is 9.55 Å². The van der Waals surface area contributed by atoms with E-state index in [-0.39, 0.29) is 18.3 Å². The Hall–Kier alpha value is -4.17. The van der Waals surface area contributed by atoms with Gasteiger partial charge in [0.1, 0.15) is 12.4 Å². The van der Waals surface area contributed by atoms with Crippen LogP contribution in [0.4, 0.5) is 5.69 Å². The predicted octanol–water partition coefficient (Wildman–Crippen LogP) is 8.59. The predicted molar refractivity (Wildman–Crippen MR) is 172 cm³/mol. The van der Waals surface area contributed by atoms with Crippen LogP contribution in [0.2, 0.25) is 10.0 Å². The number of nitrogens with zero attached hydrogens (tertiary/aromatic N) is 2. The lowest BCUT2D eigenvalue weighted by Gasteiger charge is -2.08. The molecule has 212 valence electrons. The van der Waals surface area contributed by atoms with Gasteiger partial charge in [-0.2, -0.15) is 0 Å². The van der Waals surface area contributed by atoms with E-state index in [0.717, 1.165) is 49.2 Å². The molecule has 5 rings (SSSR count). The van der Waals surface area contributed by atoms with E-state index in [1.54, 1.807) is 19.1 Å². The minimum atomic E-state index is -0.328. The molecule has 0 saturated heterocycles. The van der Waals surface area contributed by atoms with Gasteiger partial charge in [0.15, 0.2) is 5.78 Å². The molecule has 0 aliphatic rings. The van der Waals surface area contributed by atoms with Crippen LogP contribution in [0.3, 0.4) is 0 Å². The van der Waals surface area contributed by atoms with Crippen molar-refractivity contribution in [3.8, 4) is 21.7 Å². The highest BCUT2D eigenvalue weighted by atomic mass is 35.5. The summed E-state index contributed by atoms with van der Waals surface area (Å²) in [7, 11) is 1.36. The van der Waals surface area contributed by atoms with E-state index in [1.807, 2.05) is 72.9 Å². The number of nitrogens with one attached hydrogen (secondary N) is 1. The molecule has 0 amide bonds. The summed E-state index contributed by atoms with van der Waals surface area (Å²) in [6.07, 6.45) is 5.98. The van der Waals surface area contributed by atoms with Gasteiger partial charge in [-0.05, 0) is 72.2 Å². The fourth-order valence-electron chi connectivity index (χ4n) is 4.30.